The Bertz CT molecular complexity index is 457. The van der Waals surface area contributed by atoms with Crippen LogP contribution in [0.3, 0.4) is 0 Å². The van der Waals surface area contributed by atoms with Gasteiger partial charge in [-0.25, -0.2) is 9.55 Å². The molecule has 0 unspecified atom stereocenters. The molecule has 0 amide bonds. The molecule has 2 aromatic rings. The van der Waals surface area contributed by atoms with E-state index in [2.05, 4.69) is 48.9 Å². The topological polar surface area (TPSA) is 21.7 Å². The van der Waals surface area contributed by atoms with Crippen LogP contribution >= 0.6 is 0 Å². The van der Waals surface area contributed by atoms with E-state index >= 15 is 0 Å². The highest BCUT2D eigenvalue weighted by atomic mass is 15.2. The summed E-state index contributed by atoms with van der Waals surface area (Å²) < 4.78 is 4.19. The van der Waals surface area contributed by atoms with Crippen molar-refractivity contribution in [3.05, 3.63) is 42.6 Å². The van der Waals surface area contributed by atoms with E-state index in [1.807, 2.05) is 23.0 Å². The first-order chi connectivity index (χ1) is 7.16. The molecule has 2 rings (SSSR count). The van der Waals surface area contributed by atoms with Crippen molar-refractivity contribution in [1.82, 2.24) is 9.55 Å². The third kappa shape index (κ3) is 2.06. The smallest absolute Gasteiger partial charge is 0.234 e. The van der Waals surface area contributed by atoms with Gasteiger partial charge in [0.25, 0.3) is 0 Å². The maximum absolute atomic E-state index is 4.33. The molecule has 0 spiro atoms. The Hall–Kier alpha value is -1.64. The van der Waals surface area contributed by atoms with Crippen LogP contribution in [0.1, 0.15) is 25.5 Å². The van der Waals surface area contributed by atoms with Crippen molar-refractivity contribution in [3.63, 3.8) is 0 Å². The Kier molecular flexibility index (Phi) is 2.54. The van der Waals surface area contributed by atoms with Gasteiger partial charge in [-0.2, -0.15) is 4.57 Å². The van der Waals surface area contributed by atoms with Crippen LogP contribution in [0.4, 0.5) is 0 Å². The predicted molar refractivity (Wildman–Crippen MR) is 58.9 cm³/mol. The fourth-order valence-electron chi connectivity index (χ4n) is 1.47. The van der Waals surface area contributed by atoms with Crippen molar-refractivity contribution in [2.24, 2.45) is 0 Å². The Morgan fingerprint density at radius 2 is 2.20 bits per heavy atom. The molecule has 15 heavy (non-hydrogen) atoms. The highest BCUT2D eigenvalue weighted by molar-refractivity contribution is 5.26. The summed E-state index contributed by atoms with van der Waals surface area (Å²) >= 11 is 0. The van der Waals surface area contributed by atoms with Gasteiger partial charge in [0.05, 0.1) is 6.04 Å². The first kappa shape index (κ1) is 9.90. The second-order valence-electron chi connectivity index (χ2n) is 4.05. The van der Waals surface area contributed by atoms with Gasteiger partial charge in [0.15, 0.2) is 0 Å². The number of rotatable bonds is 2. The summed E-state index contributed by atoms with van der Waals surface area (Å²) in [7, 11) is 0. The van der Waals surface area contributed by atoms with Crippen LogP contribution in [-0.2, 0) is 0 Å². The minimum atomic E-state index is 0.482. The lowest BCUT2D eigenvalue weighted by Crippen LogP contribution is -2.33. The zero-order valence-corrected chi connectivity index (χ0v) is 9.38. The van der Waals surface area contributed by atoms with E-state index < -0.39 is 0 Å². The van der Waals surface area contributed by atoms with E-state index in [9.17, 15) is 0 Å². The molecule has 0 atom stereocenters. The van der Waals surface area contributed by atoms with Gasteiger partial charge in [-0.15, -0.1) is 0 Å². The second kappa shape index (κ2) is 3.85. The fraction of sp³-hybridized carbons (Fsp3) is 0.333. The van der Waals surface area contributed by atoms with E-state index in [0.717, 1.165) is 5.82 Å². The second-order valence-corrected chi connectivity index (χ2v) is 4.05. The molecule has 0 aliphatic rings. The van der Waals surface area contributed by atoms with Crippen molar-refractivity contribution in [2.75, 3.05) is 0 Å². The number of aromatic nitrogens is 3. The molecule has 3 heteroatoms. The fourth-order valence-corrected chi connectivity index (χ4v) is 1.47. The number of nitrogens with zero attached hydrogens (tertiary/aromatic N) is 3. The summed E-state index contributed by atoms with van der Waals surface area (Å²) in [6.45, 7) is 6.40. The molecule has 0 radical (unpaired) electrons. The first-order valence-electron chi connectivity index (χ1n) is 5.18. The van der Waals surface area contributed by atoms with Crippen LogP contribution in [-0.4, -0.2) is 9.55 Å². The lowest BCUT2D eigenvalue weighted by atomic mass is 10.3. The van der Waals surface area contributed by atoms with Gasteiger partial charge in [-0.1, -0.05) is 0 Å². The SMILES string of the molecule is Cc1ccnc(-n2cc[n+](C(C)C)c2)c1. The minimum Gasteiger partial charge on any atom is -0.234 e. The van der Waals surface area contributed by atoms with Crippen molar-refractivity contribution >= 4 is 0 Å². The molecular formula is C12H16N3+. The molecule has 0 bridgehead atoms. The van der Waals surface area contributed by atoms with Gasteiger partial charge in [-0.3, -0.25) is 0 Å². The van der Waals surface area contributed by atoms with E-state index in [-0.39, 0.29) is 0 Å². The van der Waals surface area contributed by atoms with Gasteiger partial charge in [0, 0.05) is 12.3 Å². The Morgan fingerprint density at radius 3 is 2.80 bits per heavy atom. The molecular weight excluding hydrogens is 186 g/mol. The number of aryl methyl sites for hydroxylation is 1. The van der Waals surface area contributed by atoms with Gasteiger partial charge in [-0.05, 0) is 32.4 Å². The van der Waals surface area contributed by atoms with Gasteiger partial charge in [0.1, 0.15) is 12.4 Å². The van der Waals surface area contributed by atoms with Crippen LogP contribution < -0.4 is 4.57 Å². The van der Waals surface area contributed by atoms with Crippen LogP contribution in [0, 0.1) is 6.92 Å². The van der Waals surface area contributed by atoms with E-state index in [1.165, 1.54) is 5.56 Å². The molecule has 0 aliphatic carbocycles. The quantitative estimate of drug-likeness (QED) is 0.683. The molecule has 0 fully saturated rings. The van der Waals surface area contributed by atoms with Crippen LogP contribution in [0.2, 0.25) is 0 Å². The predicted octanol–water partition coefficient (Wildman–Crippen LogP) is 2.05. The molecule has 0 N–H and O–H groups in total. The minimum absolute atomic E-state index is 0.482. The third-order valence-electron chi connectivity index (χ3n) is 2.42. The van der Waals surface area contributed by atoms with Crippen molar-refractivity contribution in [2.45, 2.75) is 26.8 Å². The number of hydrogen-bond acceptors (Lipinski definition) is 1. The van der Waals surface area contributed by atoms with Crippen LogP contribution in [0.25, 0.3) is 5.82 Å². The lowest BCUT2D eigenvalue weighted by molar-refractivity contribution is -0.715. The zero-order chi connectivity index (χ0) is 10.8. The monoisotopic (exact) mass is 202 g/mol. The number of pyridine rings is 1. The summed E-state index contributed by atoms with van der Waals surface area (Å²) in [4.78, 5) is 4.33. The van der Waals surface area contributed by atoms with Gasteiger partial charge >= 0.3 is 0 Å². The van der Waals surface area contributed by atoms with Crippen LogP contribution in [0.5, 0.6) is 0 Å². The first-order valence-corrected chi connectivity index (χ1v) is 5.18. The maximum atomic E-state index is 4.33. The zero-order valence-electron chi connectivity index (χ0n) is 9.38. The van der Waals surface area contributed by atoms with Crippen LogP contribution in [0.15, 0.2) is 37.1 Å². The number of hydrogen-bond donors (Lipinski definition) is 0. The largest absolute Gasteiger partial charge is 0.250 e. The average molecular weight is 202 g/mol. The van der Waals surface area contributed by atoms with E-state index in [4.69, 9.17) is 0 Å². The average Bonchev–Trinajstić information content (AvgIpc) is 2.66. The van der Waals surface area contributed by atoms with Crippen molar-refractivity contribution < 1.29 is 4.57 Å². The molecule has 0 saturated heterocycles. The normalized spacial score (nSPS) is 10.9. The standard InChI is InChI=1S/C12H16N3/c1-10(2)14-6-7-15(9-14)12-8-11(3)4-5-13-12/h4-10H,1-3H3/q+1. The van der Waals surface area contributed by atoms with E-state index in [1.54, 1.807) is 0 Å². The Labute approximate surface area is 90.0 Å². The van der Waals surface area contributed by atoms with Gasteiger partial charge in [0.2, 0.25) is 12.1 Å². The maximum Gasteiger partial charge on any atom is 0.250 e. The summed E-state index contributed by atoms with van der Waals surface area (Å²) in [6, 6.07) is 4.56. The number of imidazole rings is 1. The lowest BCUT2D eigenvalue weighted by Gasteiger charge is -1.98. The van der Waals surface area contributed by atoms with Gasteiger partial charge < -0.3 is 0 Å². The third-order valence-corrected chi connectivity index (χ3v) is 2.42. The summed E-state index contributed by atoms with van der Waals surface area (Å²) in [5.74, 6) is 0.967. The summed E-state index contributed by atoms with van der Waals surface area (Å²) in [5, 5.41) is 0. The highest BCUT2D eigenvalue weighted by Gasteiger charge is 2.09. The summed E-state index contributed by atoms with van der Waals surface area (Å²) in [6.07, 6.45) is 7.99. The molecule has 3 nitrogen and oxygen atoms in total. The van der Waals surface area contributed by atoms with E-state index in [0.29, 0.717) is 6.04 Å². The molecule has 2 aromatic heterocycles. The van der Waals surface area contributed by atoms with Crippen molar-refractivity contribution in [1.29, 1.82) is 0 Å². The summed E-state index contributed by atoms with van der Waals surface area (Å²) in [5.41, 5.74) is 1.23. The molecule has 0 aromatic carbocycles. The molecule has 0 aliphatic heterocycles. The Morgan fingerprint density at radius 1 is 1.40 bits per heavy atom. The molecule has 78 valence electrons. The Balaban J connectivity index is 2.37. The molecule has 2 heterocycles. The molecule has 0 saturated carbocycles. The highest BCUT2D eigenvalue weighted by Crippen LogP contribution is 2.05. The van der Waals surface area contributed by atoms with Crippen molar-refractivity contribution in [3.8, 4) is 5.82 Å².